The van der Waals surface area contributed by atoms with Gasteiger partial charge in [0.1, 0.15) is 0 Å². The van der Waals surface area contributed by atoms with E-state index in [2.05, 4.69) is 4.99 Å². The number of primary sulfonamides is 1. The molecule has 0 unspecified atom stereocenters. The Labute approximate surface area is 211 Å². The summed E-state index contributed by atoms with van der Waals surface area (Å²) in [6.45, 7) is 0.824. The Kier molecular flexibility index (Phi) is 6.50. The van der Waals surface area contributed by atoms with Crippen molar-refractivity contribution < 1.29 is 17.9 Å². The average Bonchev–Trinajstić information content (AvgIpc) is 3.22. The van der Waals surface area contributed by atoms with Gasteiger partial charge in [-0.15, -0.1) is 0 Å². The van der Waals surface area contributed by atoms with E-state index < -0.39 is 15.9 Å². The predicted octanol–water partition coefficient (Wildman–Crippen LogP) is 3.95. The van der Waals surface area contributed by atoms with Crippen LogP contribution in [0.1, 0.15) is 10.4 Å². The number of aromatic nitrogens is 2. The van der Waals surface area contributed by atoms with Gasteiger partial charge in [-0.3, -0.25) is 4.79 Å². The molecule has 2 aromatic heterocycles. The molecule has 1 amide bonds. The normalized spacial score (nSPS) is 12.4. The molecule has 0 fully saturated rings. The zero-order valence-electron chi connectivity index (χ0n) is 19.3. The number of carbonyl (C=O) groups excluding carboxylic acids is 1. The van der Waals surface area contributed by atoms with E-state index in [-0.39, 0.29) is 4.90 Å². The minimum Gasteiger partial charge on any atom is -0.383 e. The van der Waals surface area contributed by atoms with Crippen LogP contribution in [0.4, 0.5) is 0 Å². The highest BCUT2D eigenvalue weighted by atomic mass is 32.2. The van der Waals surface area contributed by atoms with Crippen molar-refractivity contribution in [3.63, 3.8) is 0 Å². The average molecular weight is 519 g/mol. The second kappa shape index (κ2) is 9.75. The second-order valence-corrected chi connectivity index (χ2v) is 10.6. The van der Waals surface area contributed by atoms with Crippen LogP contribution >= 0.6 is 11.3 Å². The lowest BCUT2D eigenvalue weighted by molar-refractivity contribution is 0.0999. The van der Waals surface area contributed by atoms with Gasteiger partial charge in [-0.1, -0.05) is 59.9 Å². The first-order valence-electron chi connectivity index (χ1n) is 11.0. The van der Waals surface area contributed by atoms with Gasteiger partial charge in [-0.05, 0) is 30.3 Å². The molecule has 5 aromatic rings. The molecule has 182 valence electrons. The highest BCUT2D eigenvalue weighted by Gasteiger charge is 2.16. The summed E-state index contributed by atoms with van der Waals surface area (Å²) in [4.78, 5) is 23.2. The quantitative estimate of drug-likeness (QED) is 0.365. The zero-order chi connectivity index (χ0) is 25.3. The molecular formula is C26H22N4O4S2. The Bertz CT molecular complexity index is 1770. The van der Waals surface area contributed by atoms with Crippen molar-refractivity contribution >= 4 is 48.4 Å². The third-order valence-corrected chi connectivity index (χ3v) is 7.67. The highest BCUT2D eigenvalue weighted by molar-refractivity contribution is 7.89. The number of thiazole rings is 1. The summed E-state index contributed by atoms with van der Waals surface area (Å²) in [5.41, 5.74) is 3.43. The molecule has 10 heteroatoms. The molecule has 0 radical (unpaired) electrons. The summed E-state index contributed by atoms with van der Waals surface area (Å²) >= 11 is 1.22. The van der Waals surface area contributed by atoms with Crippen LogP contribution in [0.5, 0.6) is 0 Å². The van der Waals surface area contributed by atoms with E-state index >= 15 is 0 Å². The van der Waals surface area contributed by atoms with Crippen LogP contribution in [0.3, 0.4) is 0 Å². The zero-order valence-corrected chi connectivity index (χ0v) is 20.9. The largest absolute Gasteiger partial charge is 0.383 e. The van der Waals surface area contributed by atoms with Crippen molar-refractivity contribution in [1.29, 1.82) is 0 Å². The van der Waals surface area contributed by atoms with Gasteiger partial charge < -0.3 is 9.30 Å². The monoisotopic (exact) mass is 518 g/mol. The molecule has 0 atom stereocenters. The van der Waals surface area contributed by atoms with Crippen molar-refractivity contribution in [2.75, 3.05) is 13.7 Å². The molecule has 2 N–H and O–H groups in total. The molecule has 0 saturated carbocycles. The number of hydrogen-bond acceptors (Lipinski definition) is 6. The fraction of sp³-hybridized carbons (Fsp3) is 0.115. The highest BCUT2D eigenvalue weighted by Crippen LogP contribution is 2.26. The molecule has 0 aliphatic heterocycles. The van der Waals surface area contributed by atoms with E-state index in [4.69, 9.17) is 14.9 Å². The van der Waals surface area contributed by atoms with Gasteiger partial charge >= 0.3 is 0 Å². The Morgan fingerprint density at radius 1 is 1.06 bits per heavy atom. The van der Waals surface area contributed by atoms with Crippen LogP contribution in [0.25, 0.3) is 32.4 Å². The van der Waals surface area contributed by atoms with Gasteiger partial charge in [-0.25, -0.2) is 18.5 Å². The Morgan fingerprint density at radius 2 is 1.81 bits per heavy atom. The first kappa shape index (κ1) is 24.0. The third-order valence-electron chi connectivity index (χ3n) is 5.72. The number of methoxy groups -OCH3 is 1. The molecule has 0 aliphatic rings. The number of rotatable bonds is 6. The summed E-state index contributed by atoms with van der Waals surface area (Å²) in [6, 6.07) is 23.5. The molecule has 0 saturated heterocycles. The van der Waals surface area contributed by atoms with E-state index in [9.17, 15) is 13.2 Å². The summed E-state index contributed by atoms with van der Waals surface area (Å²) in [5.74, 6) is -0.421. The number of fused-ring (bicyclic) bond motifs is 2. The predicted molar refractivity (Wildman–Crippen MR) is 140 cm³/mol. The lowest BCUT2D eigenvalue weighted by Crippen LogP contribution is -2.19. The lowest BCUT2D eigenvalue weighted by atomic mass is 10.0. The fourth-order valence-electron chi connectivity index (χ4n) is 3.97. The van der Waals surface area contributed by atoms with E-state index in [0.29, 0.717) is 44.8 Å². The first-order chi connectivity index (χ1) is 17.3. The van der Waals surface area contributed by atoms with Crippen LogP contribution in [0.15, 0.2) is 88.8 Å². The van der Waals surface area contributed by atoms with Gasteiger partial charge in [0.25, 0.3) is 5.91 Å². The summed E-state index contributed by atoms with van der Waals surface area (Å²) < 4.78 is 31.4. The number of benzene rings is 3. The summed E-state index contributed by atoms with van der Waals surface area (Å²) in [5, 5.41) is 6.01. The van der Waals surface area contributed by atoms with Crippen molar-refractivity contribution in [3.8, 4) is 11.3 Å². The maximum atomic E-state index is 13.6. The summed E-state index contributed by atoms with van der Waals surface area (Å²) in [7, 11) is -2.28. The van der Waals surface area contributed by atoms with Crippen molar-refractivity contribution in [1.82, 2.24) is 9.55 Å². The lowest BCUT2D eigenvalue weighted by Gasteiger charge is -2.08. The van der Waals surface area contributed by atoms with Gasteiger partial charge in [0.15, 0.2) is 4.80 Å². The van der Waals surface area contributed by atoms with Gasteiger partial charge in [0.05, 0.1) is 38.5 Å². The third kappa shape index (κ3) is 4.71. The van der Waals surface area contributed by atoms with E-state index in [1.54, 1.807) is 19.2 Å². The van der Waals surface area contributed by atoms with E-state index in [1.165, 1.54) is 23.5 Å². The second-order valence-electron chi connectivity index (χ2n) is 8.06. The molecule has 2 heterocycles. The molecular weight excluding hydrogens is 496 g/mol. The number of nitrogens with zero attached hydrogens (tertiary/aromatic N) is 3. The van der Waals surface area contributed by atoms with Gasteiger partial charge in [0, 0.05) is 24.6 Å². The first-order valence-corrected chi connectivity index (χ1v) is 13.4. The molecule has 5 rings (SSSR count). The number of sulfonamides is 1. The minimum atomic E-state index is -3.87. The molecule has 0 spiro atoms. The van der Waals surface area contributed by atoms with Crippen LogP contribution in [0.2, 0.25) is 0 Å². The smallest absolute Gasteiger partial charge is 0.280 e. The van der Waals surface area contributed by atoms with Crippen LogP contribution in [-0.2, 0) is 21.3 Å². The Hall–Kier alpha value is -3.70. The number of amides is 1. The van der Waals surface area contributed by atoms with E-state index in [1.807, 2.05) is 59.2 Å². The Morgan fingerprint density at radius 3 is 2.56 bits per heavy atom. The molecule has 36 heavy (non-hydrogen) atoms. The number of hydrogen-bond donors (Lipinski definition) is 1. The molecule has 0 aliphatic carbocycles. The summed E-state index contributed by atoms with van der Waals surface area (Å²) in [6.07, 6.45) is 0. The fourth-order valence-corrected chi connectivity index (χ4v) is 5.68. The standard InChI is InChI=1S/C26H22N4O4S2/c1-34-14-13-30-23-12-11-18(36(27,32)33)15-24(23)35-26(30)29-25(31)20-16-22(17-7-3-2-4-8-17)28-21-10-6-5-9-19(20)21/h2-12,15-16H,13-14H2,1H3,(H2,27,32,33). The van der Waals surface area contributed by atoms with Crippen LogP contribution in [0, 0.1) is 0 Å². The maximum absolute atomic E-state index is 13.6. The van der Waals surface area contributed by atoms with Crippen molar-refractivity contribution in [3.05, 3.63) is 89.2 Å². The molecule has 0 bridgehead atoms. The number of nitrogens with two attached hydrogens (primary N) is 1. The molecule has 3 aromatic carbocycles. The Balaban J connectivity index is 1.69. The van der Waals surface area contributed by atoms with Crippen molar-refractivity contribution in [2.45, 2.75) is 11.4 Å². The van der Waals surface area contributed by atoms with Crippen molar-refractivity contribution in [2.24, 2.45) is 10.1 Å². The number of para-hydroxylation sites is 1. The number of ether oxygens (including phenoxy) is 1. The SMILES string of the molecule is COCCn1c(=NC(=O)c2cc(-c3ccccc3)nc3ccccc23)sc2cc(S(N)(=O)=O)ccc21. The van der Waals surface area contributed by atoms with E-state index in [0.717, 1.165) is 11.1 Å². The number of carbonyl (C=O) groups is 1. The van der Waals surface area contributed by atoms with Gasteiger partial charge in [-0.2, -0.15) is 4.99 Å². The van der Waals surface area contributed by atoms with Crippen LogP contribution < -0.4 is 9.94 Å². The topological polar surface area (TPSA) is 117 Å². The minimum absolute atomic E-state index is 0.000601. The number of pyridine rings is 1. The maximum Gasteiger partial charge on any atom is 0.280 e. The van der Waals surface area contributed by atoms with Gasteiger partial charge in [0.2, 0.25) is 10.0 Å². The molecule has 8 nitrogen and oxygen atoms in total. The van der Waals surface area contributed by atoms with Crippen LogP contribution in [-0.4, -0.2) is 37.6 Å².